The van der Waals surface area contributed by atoms with Crippen LogP contribution in [0.5, 0.6) is 0 Å². The fourth-order valence-corrected chi connectivity index (χ4v) is 3.01. The van der Waals surface area contributed by atoms with Gasteiger partial charge in [-0.25, -0.2) is 4.99 Å². The van der Waals surface area contributed by atoms with Crippen LogP contribution >= 0.6 is 24.0 Å². The molecule has 1 atom stereocenters. The molecule has 0 radical (unpaired) electrons. The minimum absolute atomic E-state index is 0. The van der Waals surface area contributed by atoms with Crippen LogP contribution < -0.4 is 10.6 Å². The van der Waals surface area contributed by atoms with E-state index in [1.807, 2.05) is 18.2 Å². The van der Waals surface area contributed by atoms with Crippen LogP contribution in [-0.2, 0) is 11.2 Å². The van der Waals surface area contributed by atoms with Crippen molar-refractivity contribution in [2.75, 3.05) is 27.2 Å². The highest BCUT2D eigenvalue weighted by Crippen LogP contribution is 2.11. The van der Waals surface area contributed by atoms with Gasteiger partial charge >= 0.3 is 0 Å². The van der Waals surface area contributed by atoms with Crippen LogP contribution in [0.4, 0.5) is 0 Å². The van der Waals surface area contributed by atoms with Gasteiger partial charge in [0.1, 0.15) is 6.54 Å². The monoisotopic (exact) mass is 508 g/mol. The van der Waals surface area contributed by atoms with Crippen LogP contribution in [0.15, 0.2) is 53.5 Å². The Kier molecular flexibility index (Phi) is 10.7. The molecule has 2 rings (SSSR count). The number of amides is 1. The Morgan fingerprint density at radius 3 is 2.28 bits per heavy atom. The van der Waals surface area contributed by atoms with Crippen molar-refractivity contribution in [1.29, 1.82) is 0 Å². The maximum atomic E-state index is 11.9. The second-order valence-electron chi connectivity index (χ2n) is 7.40. The minimum Gasteiger partial charge on any atom is -0.356 e. The lowest BCUT2D eigenvalue weighted by atomic mass is 10.1. The summed E-state index contributed by atoms with van der Waals surface area (Å²) in [5, 5.41) is 6.77. The van der Waals surface area contributed by atoms with Crippen molar-refractivity contribution < 1.29 is 4.79 Å². The minimum atomic E-state index is -0.0252. The van der Waals surface area contributed by atoms with Gasteiger partial charge in [-0.05, 0) is 38.3 Å². The lowest BCUT2D eigenvalue weighted by Crippen LogP contribution is -2.40. The van der Waals surface area contributed by atoms with Gasteiger partial charge in [-0.3, -0.25) is 4.79 Å². The van der Waals surface area contributed by atoms with Crippen LogP contribution in [-0.4, -0.2) is 44.0 Å². The molecule has 0 saturated heterocycles. The molecule has 1 amide bonds. The standard InChI is InChI=1S/C23H32N4O.HI/c1-17-13-18(2)15-20(14-17)11-12-24-23(25-16-22(28)27(4)5)26-19(3)21-9-7-6-8-10-21;/h6-10,13-15,19H,11-12,16H2,1-5H3,(H2,24,25,26);1H. The fourth-order valence-electron chi connectivity index (χ4n) is 3.01. The molecule has 0 aliphatic heterocycles. The molecule has 0 saturated carbocycles. The molecule has 0 bridgehead atoms. The molecule has 0 heterocycles. The van der Waals surface area contributed by atoms with E-state index in [4.69, 9.17) is 0 Å². The summed E-state index contributed by atoms with van der Waals surface area (Å²) in [6.45, 7) is 7.18. The molecule has 2 N–H and O–H groups in total. The van der Waals surface area contributed by atoms with Crippen molar-refractivity contribution in [1.82, 2.24) is 15.5 Å². The van der Waals surface area contributed by atoms with E-state index in [9.17, 15) is 4.79 Å². The first-order valence-corrected chi connectivity index (χ1v) is 9.72. The quantitative estimate of drug-likeness (QED) is 0.340. The number of nitrogens with zero attached hydrogens (tertiary/aromatic N) is 2. The molecule has 0 aliphatic carbocycles. The Hall–Kier alpha value is -2.09. The third kappa shape index (κ3) is 8.85. The van der Waals surface area contributed by atoms with Crippen molar-refractivity contribution in [3.63, 3.8) is 0 Å². The first kappa shape index (κ1) is 24.9. The number of carbonyl (C=O) groups is 1. The number of benzene rings is 2. The van der Waals surface area contributed by atoms with E-state index in [2.05, 4.69) is 66.7 Å². The van der Waals surface area contributed by atoms with Gasteiger partial charge in [0, 0.05) is 20.6 Å². The SMILES string of the molecule is Cc1cc(C)cc(CCNC(=NCC(=O)N(C)C)NC(C)c2ccccc2)c1.I. The van der Waals surface area contributed by atoms with Gasteiger partial charge in [-0.1, -0.05) is 59.7 Å². The van der Waals surface area contributed by atoms with Crippen molar-refractivity contribution in [3.8, 4) is 0 Å². The summed E-state index contributed by atoms with van der Waals surface area (Å²) in [5.74, 6) is 0.624. The largest absolute Gasteiger partial charge is 0.356 e. The zero-order valence-electron chi connectivity index (χ0n) is 18.0. The van der Waals surface area contributed by atoms with Crippen molar-refractivity contribution in [2.45, 2.75) is 33.2 Å². The van der Waals surface area contributed by atoms with Crippen molar-refractivity contribution in [2.24, 2.45) is 4.99 Å². The summed E-state index contributed by atoms with van der Waals surface area (Å²) >= 11 is 0. The van der Waals surface area contributed by atoms with Crippen LogP contribution in [0, 0.1) is 13.8 Å². The maximum absolute atomic E-state index is 11.9. The third-order valence-electron chi connectivity index (χ3n) is 4.51. The van der Waals surface area contributed by atoms with Gasteiger partial charge in [0.25, 0.3) is 0 Å². The van der Waals surface area contributed by atoms with Gasteiger partial charge in [-0.15, -0.1) is 24.0 Å². The second kappa shape index (κ2) is 12.5. The average Bonchev–Trinajstić information content (AvgIpc) is 2.65. The maximum Gasteiger partial charge on any atom is 0.243 e. The number of aliphatic imine (C=N–C) groups is 1. The first-order valence-electron chi connectivity index (χ1n) is 9.72. The molecule has 0 fully saturated rings. The van der Waals surface area contributed by atoms with Gasteiger partial charge < -0.3 is 15.5 Å². The Morgan fingerprint density at radius 2 is 1.69 bits per heavy atom. The van der Waals surface area contributed by atoms with E-state index >= 15 is 0 Å². The molecular weight excluding hydrogens is 475 g/mol. The predicted octanol–water partition coefficient (Wildman–Crippen LogP) is 3.85. The van der Waals surface area contributed by atoms with Gasteiger partial charge in [0.05, 0.1) is 6.04 Å². The van der Waals surface area contributed by atoms with Gasteiger partial charge in [0.2, 0.25) is 5.91 Å². The summed E-state index contributed by atoms with van der Waals surface area (Å²) < 4.78 is 0. The molecule has 29 heavy (non-hydrogen) atoms. The molecule has 1 unspecified atom stereocenters. The first-order chi connectivity index (χ1) is 13.3. The molecule has 158 valence electrons. The summed E-state index contributed by atoms with van der Waals surface area (Å²) in [7, 11) is 3.48. The number of carbonyl (C=O) groups excluding carboxylic acids is 1. The summed E-state index contributed by atoms with van der Waals surface area (Å²) in [5.41, 5.74) is 5.02. The molecule has 0 spiro atoms. The number of guanidine groups is 1. The van der Waals surface area contributed by atoms with Crippen molar-refractivity contribution >= 4 is 35.8 Å². The number of hydrogen-bond acceptors (Lipinski definition) is 2. The lowest BCUT2D eigenvalue weighted by molar-refractivity contribution is -0.127. The Balaban J connectivity index is 0.00000420. The van der Waals surface area contributed by atoms with Gasteiger partial charge in [-0.2, -0.15) is 0 Å². The normalized spacial score (nSPS) is 12.0. The molecule has 2 aromatic rings. The summed E-state index contributed by atoms with van der Waals surface area (Å²) in [6, 6.07) is 16.9. The number of rotatable bonds is 7. The molecule has 5 nitrogen and oxygen atoms in total. The zero-order valence-corrected chi connectivity index (χ0v) is 20.4. The van der Waals surface area contributed by atoms with Crippen molar-refractivity contribution in [3.05, 3.63) is 70.8 Å². The highest BCUT2D eigenvalue weighted by atomic mass is 127. The average molecular weight is 508 g/mol. The van der Waals surface area contributed by atoms with Gasteiger partial charge in [0.15, 0.2) is 5.96 Å². The lowest BCUT2D eigenvalue weighted by Gasteiger charge is -2.19. The molecule has 2 aromatic carbocycles. The summed E-state index contributed by atoms with van der Waals surface area (Å²) in [4.78, 5) is 18.0. The molecule has 0 aliphatic rings. The number of halogens is 1. The number of aryl methyl sites for hydroxylation is 2. The van der Waals surface area contributed by atoms with Crippen LogP contribution in [0.25, 0.3) is 0 Å². The Morgan fingerprint density at radius 1 is 1.07 bits per heavy atom. The molecule has 6 heteroatoms. The predicted molar refractivity (Wildman–Crippen MR) is 132 cm³/mol. The van der Waals surface area contributed by atoms with E-state index in [-0.39, 0.29) is 42.5 Å². The van der Waals surface area contributed by atoms with Crippen LogP contribution in [0.2, 0.25) is 0 Å². The number of hydrogen-bond donors (Lipinski definition) is 2. The fraction of sp³-hybridized carbons (Fsp3) is 0.391. The van der Waals surface area contributed by atoms with Crippen LogP contribution in [0.1, 0.15) is 35.2 Å². The van der Waals surface area contributed by atoms with E-state index in [1.165, 1.54) is 22.3 Å². The highest BCUT2D eigenvalue weighted by Gasteiger charge is 2.09. The zero-order chi connectivity index (χ0) is 20.5. The Bertz CT molecular complexity index is 786. The number of nitrogens with one attached hydrogen (secondary N) is 2. The van der Waals surface area contributed by atoms with E-state index in [0.29, 0.717) is 5.96 Å². The second-order valence-corrected chi connectivity index (χ2v) is 7.40. The number of likely N-dealkylation sites (N-methyl/N-ethyl adjacent to an activating group) is 1. The summed E-state index contributed by atoms with van der Waals surface area (Å²) in [6.07, 6.45) is 0.893. The third-order valence-corrected chi connectivity index (χ3v) is 4.51. The molecular formula is C23H33IN4O. The van der Waals surface area contributed by atoms with Crippen LogP contribution in [0.3, 0.4) is 0 Å². The van der Waals surface area contributed by atoms with E-state index in [0.717, 1.165) is 13.0 Å². The Labute approximate surface area is 192 Å². The smallest absolute Gasteiger partial charge is 0.243 e. The van der Waals surface area contributed by atoms with E-state index in [1.54, 1.807) is 19.0 Å². The van der Waals surface area contributed by atoms with E-state index < -0.39 is 0 Å². The topological polar surface area (TPSA) is 56.7 Å². The molecule has 0 aromatic heterocycles. The highest BCUT2D eigenvalue weighted by molar-refractivity contribution is 14.0.